The molecule has 2 aromatic rings. The predicted molar refractivity (Wildman–Crippen MR) is 94.5 cm³/mol. The molecule has 2 heterocycles. The van der Waals surface area contributed by atoms with Crippen molar-refractivity contribution in [3.8, 4) is 6.07 Å². The maximum atomic E-state index is 11.7. The normalized spacial score (nSPS) is 9.88. The SMILES string of the molecule is N#Cc1ccsc1NC(=O)COC(=O)CCCNC(=O)c1ccsc1. The lowest BCUT2D eigenvalue weighted by atomic mass is 10.3. The quantitative estimate of drug-likeness (QED) is 0.542. The summed E-state index contributed by atoms with van der Waals surface area (Å²) < 4.78 is 4.87. The molecule has 0 atom stereocenters. The molecule has 2 N–H and O–H groups in total. The van der Waals surface area contributed by atoms with Gasteiger partial charge in [-0.25, -0.2) is 0 Å². The number of amides is 2. The lowest BCUT2D eigenvalue weighted by molar-refractivity contribution is -0.147. The highest BCUT2D eigenvalue weighted by molar-refractivity contribution is 7.14. The van der Waals surface area contributed by atoms with E-state index >= 15 is 0 Å². The number of hydrogen-bond donors (Lipinski definition) is 2. The van der Waals surface area contributed by atoms with Crippen LogP contribution in [0.25, 0.3) is 0 Å². The zero-order valence-corrected chi connectivity index (χ0v) is 14.7. The van der Waals surface area contributed by atoms with Gasteiger partial charge in [0.25, 0.3) is 11.8 Å². The molecule has 0 aliphatic rings. The number of esters is 1. The number of nitrogens with zero attached hydrogens (tertiary/aromatic N) is 1. The molecule has 2 aromatic heterocycles. The van der Waals surface area contributed by atoms with Crippen LogP contribution in [0.2, 0.25) is 0 Å². The van der Waals surface area contributed by atoms with Crippen LogP contribution in [0.3, 0.4) is 0 Å². The molecule has 0 aliphatic carbocycles. The Morgan fingerprint density at radius 3 is 2.80 bits per heavy atom. The maximum absolute atomic E-state index is 11.7. The van der Waals surface area contributed by atoms with E-state index in [0.29, 0.717) is 29.1 Å². The first-order valence-corrected chi connectivity index (χ1v) is 9.16. The van der Waals surface area contributed by atoms with Crippen molar-refractivity contribution in [2.75, 3.05) is 18.5 Å². The van der Waals surface area contributed by atoms with E-state index in [1.807, 2.05) is 11.4 Å². The average Bonchev–Trinajstić information content (AvgIpc) is 3.28. The molecule has 0 bridgehead atoms. The Labute approximate surface area is 152 Å². The first kappa shape index (κ1) is 18.6. The van der Waals surface area contributed by atoms with Crippen molar-refractivity contribution in [3.63, 3.8) is 0 Å². The van der Waals surface area contributed by atoms with Crippen LogP contribution >= 0.6 is 22.7 Å². The van der Waals surface area contributed by atoms with Crippen molar-refractivity contribution in [3.05, 3.63) is 39.4 Å². The second-order valence-corrected chi connectivity index (χ2v) is 6.55. The summed E-state index contributed by atoms with van der Waals surface area (Å²) in [4.78, 5) is 34.9. The second kappa shape index (κ2) is 9.56. The molecule has 0 fully saturated rings. The minimum atomic E-state index is -0.522. The van der Waals surface area contributed by atoms with Gasteiger partial charge in [-0.1, -0.05) is 0 Å². The largest absolute Gasteiger partial charge is 0.456 e. The summed E-state index contributed by atoms with van der Waals surface area (Å²) in [5.74, 6) is -1.21. The zero-order valence-electron chi connectivity index (χ0n) is 13.1. The molecule has 2 amide bonds. The van der Waals surface area contributed by atoms with Crippen molar-refractivity contribution < 1.29 is 19.1 Å². The van der Waals surface area contributed by atoms with Crippen molar-refractivity contribution in [1.29, 1.82) is 5.26 Å². The smallest absolute Gasteiger partial charge is 0.306 e. The molecule has 0 saturated carbocycles. The van der Waals surface area contributed by atoms with E-state index in [9.17, 15) is 14.4 Å². The van der Waals surface area contributed by atoms with Crippen LogP contribution in [0, 0.1) is 11.3 Å². The summed E-state index contributed by atoms with van der Waals surface area (Å²) in [7, 11) is 0. The number of carbonyl (C=O) groups excluding carboxylic acids is 3. The molecule has 0 unspecified atom stereocenters. The van der Waals surface area contributed by atoms with Gasteiger partial charge in [-0.3, -0.25) is 14.4 Å². The average molecular weight is 377 g/mol. The van der Waals surface area contributed by atoms with Gasteiger partial charge in [0.15, 0.2) is 6.61 Å². The van der Waals surface area contributed by atoms with E-state index in [-0.39, 0.29) is 12.3 Å². The third-order valence-corrected chi connectivity index (χ3v) is 4.54. The monoisotopic (exact) mass is 377 g/mol. The Bertz CT molecular complexity index is 778. The van der Waals surface area contributed by atoms with Crippen LogP contribution in [0.1, 0.15) is 28.8 Å². The van der Waals surface area contributed by atoms with Crippen LogP contribution in [-0.2, 0) is 14.3 Å². The van der Waals surface area contributed by atoms with Crippen LogP contribution in [0.4, 0.5) is 5.00 Å². The number of carbonyl (C=O) groups is 3. The van der Waals surface area contributed by atoms with Gasteiger partial charge in [0.2, 0.25) is 0 Å². The molecule has 25 heavy (non-hydrogen) atoms. The van der Waals surface area contributed by atoms with Gasteiger partial charge in [0.05, 0.1) is 5.56 Å². The maximum Gasteiger partial charge on any atom is 0.306 e. The van der Waals surface area contributed by atoms with Gasteiger partial charge in [0.1, 0.15) is 11.1 Å². The third kappa shape index (κ3) is 6.02. The van der Waals surface area contributed by atoms with Crippen molar-refractivity contribution in [2.45, 2.75) is 12.8 Å². The van der Waals surface area contributed by atoms with Crippen LogP contribution < -0.4 is 10.6 Å². The number of rotatable bonds is 8. The molecule has 130 valence electrons. The van der Waals surface area contributed by atoms with E-state index < -0.39 is 18.5 Å². The van der Waals surface area contributed by atoms with E-state index in [2.05, 4.69) is 10.6 Å². The van der Waals surface area contributed by atoms with Gasteiger partial charge >= 0.3 is 5.97 Å². The highest BCUT2D eigenvalue weighted by Gasteiger charge is 2.11. The molecule has 2 rings (SSSR count). The number of hydrogen-bond acceptors (Lipinski definition) is 7. The highest BCUT2D eigenvalue weighted by atomic mass is 32.1. The standard InChI is InChI=1S/C16H15N3O4S2/c17-8-11-4-7-25-16(11)19-13(20)9-23-14(21)2-1-5-18-15(22)12-3-6-24-10-12/h3-4,6-7,10H,1-2,5,9H2,(H,18,22)(H,19,20). The molecular weight excluding hydrogens is 362 g/mol. The molecule has 0 aromatic carbocycles. The van der Waals surface area contributed by atoms with Crippen molar-refractivity contribution in [1.82, 2.24) is 5.32 Å². The Balaban J connectivity index is 1.60. The lowest BCUT2D eigenvalue weighted by Crippen LogP contribution is -2.25. The van der Waals surface area contributed by atoms with E-state index in [0.717, 1.165) is 0 Å². The summed E-state index contributed by atoms with van der Waals surface area (Å²) in [6.07, 6.45) is 0.513. The number of nitrogens with one attached hydrogen (secondary N) is 2. The van der Waals surface area contributed by atoms with Gasteiger partial charge in [-0.15, -0.1) is 11.3 Å². The summed E-state index contributed by atoms with van der Waals surface area (Å²) in [5, 5.41) is 19.7. The summed E-state index contributed by atoms with van der Waals surface area (Å²) in [6, 6.07) is 5.27. The fourth-order valence-electron chi connectivity index (χ4n) is 1.81. The Morgan fingerprint density at radius 2 is 2.08 bits per heavy atom. The minimum Gasteiger partial charge on any atom is -0.456 e. The molecule has 0 radical (unpaired) electrons. The lowest BCUT2D eigenvalue weighted by Gasteiger charge is -2.06. The van der Waals surface area contributed by atoms with Crippen LogP contribution in [0.5, 0.6) is 0 Å². The number of anilines is 1. The first-order chi connectivity index (χ1) is 12.1. The second-order valence-electron chi connectivity index (χ2n) is 4.86. The van der Waals surface area contributed by atoms with Crippen molar-refractivity contribution >= 4 is 45.5 Å². The molecule has 0 spiro atoms. The predicted octanol–water partition coefficient (Wildman–Crippen LogP) is 2.37. The van der Waals surface area contributed by atoms with E-state index in [1.165, 1.54) is 22.7 Å². The number of thiophene rings is 2. The molecule has 7 nitrogen and oxygen atoms in total. The van der Waals surface area contributed by atoms with Gasteiger partial charge < -0.3 is 15.4 Å². The van der Waals surface area contributed by atoms with Crippen molar-refractivity contribution in [2.24, 2.45) is 0 Å². The molecular formula is C16H15N3O4S2. The van der Waals surface area contributed by atoms with E-state index in [4.69, 9.17) is 10.00 Å². The zero-order chi connectivity index (χ0) is 18.1. The number of nitriles is 1. The topological polar surface area (TPSA) is 108 Å². The fraction of sp³-hybridized carbons (Fsp3) is 0.250. The van der Waals surface area contributed by atoms with E-state index in [1.54, 1.807) is 22.9 Å². The Kier molecular flexibility index (Phi) is 7.13. The van der Waals surface area contributed by atoms with Crippen LogP contribution in [-0.4, -0.2) is 30.9 Å². The van der Waals surface area contributed by atoms with Gasteiger partial charge in [0, 0.05) is 23.9 Å². The van der Waals surface area contributed by atoms with Gasteiger partial charge in [-0.05, 0) is 29.3 Å². The minimum absolute atomic E-state index is 0.0969. The number of ether oxygens (including phenoxy) is 1. The highest BCUT2D eigenvalue weighted by Crippen LogP contribution is 2.21. The summed E-state index contributed by atoms with van der Waals surface area (Å²) in [5.41, 5.74) is 0.959. The van der Waals surface area contributed by atoms with Crippen LogP contribution in [0.15, 0.2) is 28.3 Å². The van der Waals surface area contributed by atoms with Gasteiger partial charge in [-0.2, -0.15) is 16.6 Å². The summed E-state index contributed by atoms with van der Waals surface area (Å²) in [6.45, 7) is -0.0699. The molecule has 0 aliphatic heterocycles. The Hall–Kier alpha value is -2.70. The Morgan fingerprint density at radius 1 is 1.24 bits per heavy atom. The fourth-order valence-corrected chi connectivity index (χ4v) is 3.19. The summed E-state index contributed by atoms with van der Waals surface area (Å²) >= 11 is 2.66. The third-order valence-electron chi connectivity index (χ3n) is 3.03. The first-order valence-electron chi connectivity index (χ1n) is 7.33. The molecule has 0 saturated heterocycles. The molecule has 9 heteroatoms.